The number of carbonyl (C=O) groups is 1. The molecule has 0 amide bonds. The van der Waals surface area contributed by atoms with Crippen LogP contribution in [-0.4, -0.2) is 40.6 Å². The molecule has 0 spiro atoms. The first-order valence-corrected chi connectivity index (χ1v) is 9.78. The summed E-state index contributed by atoms with van der Waals surface area (Å²) >= 11 is 6.10. The fourth-order valence-electron chi connectivity index (χ4n) is 2.38. The Morgan fingerprint density at radius 3 is 2.70 bits per heavy atom. The summed E-state index contributed by atoms with van der Waals surface area (Å²) in [6.07, 6.45) is 1.50. The second-order valence-corrected chi connectivity index (χ2v) is 7.60. The van der Waals surface area contributed by atoms with E-state index in [-0.39, 0.29) is 23.6 Å². The third kappa shape index (κ3) is 3.58. The predicted molar refractivity (Wildman–Crippen MR) is 98.5 cm³/mol. The highest BCUT2D eigenvalue weighted by molar-refractivity contribution is 7.92. The van der Waals surface area contributed by atoms with Crippen LogP contribution < -0.4 is 4.72 Å². The van der Waals surface area contributed by atoms with Crippen LogP contribution in [-0.2, 0) is 14.8 Å². The summed E-state index contributed by atoms with van der Waals surface area (Å²) in [6.45, 7) is 5.13. The third-order valence-electron chi connectivity index (χ3n) is 3.78. The van der Waals surface area contributed by atoms with Gasteiger partial charge in [-0.1, -0.05) is 11.6 Å². The van der Waals surface area contributed by atoms with Crippen LogP contribution in [0.5, 0.6) is 0 Å². The number of carbonyl (C=O) groups excluding carboxylic acids is 1. The molecular formula is C16H16ClN5O4S. The summed E-state index contributed by atoms with van der Waals surface area (Å²) in [5.74, 6) is -0.528. The molecule has 142 valence electrons. The molecule has 0 bridgehead atoms. The van der Waals surface area contributed by atoms with E-state index in [1.807, 2.05) is 0 Å². The second kappa shape index (κ2) is 7.12. The molecule has 11 heteroatoms. The number of fused-ring (bicyclic) bond motifs is 1. The molecule has 0 saturated carbocycles. The highest BCUT2D eigenvalue weighted by Gasteiger charge is 2.26. The maximum Gasteiger partial charge on any atom is 0.340 e. The van der Waals surface area contributed by atoms with E-state index >= 15 is 0 Å². The van der Waals surface area contributed by atoms with Crippen LogP contribution in [0.1, 0.15) is 28.5 Å². The van der Waals surface area contributed by atoms with E-state index in [4.69, 9.17) is 16.3 Å². The van der Waals surface area contributed by atoms with E-state index in [0.717, 1.165) is 0 Å². The van der Waals surface area contributed by atoms with E-state index in [1.54, 1.807) is 26.8 Å². The van der Waals surface area contributed by atoms with E-state index in [1.165, 1.54) is 22.8 Å². The van der Waals surface area contributed by atoms with E-state index in [0.29, 0.717) is 16.3 Å². The minimum Gasteiger partial charge on any atom is -0.462 e. The first-order chi connectivity index (χ1) is 12.7. The van der Waals surface area contributed by atoms with Crippen LogP contribution in [0.4, 0.5) is 5.69 Å². The van der Waals surface area contributed by atoms with Crippen LogP contribution in [0.15, 0.2) is 29.6 Å². The average Bonchev–Trinajstić information content (AvgIpc) is 3.06. The zero-order chi connectivity index (χ0) is 19.8. The lowest BCUT2D eigenvalue weighted by Gasteiger charge is -2.14. The van der Waals surface area contributed by atoms with E-state index in [9.17, 15) is 13.2 Å². The molecule has 0 fully saturated rings. The van der Waals surface area contributed by atoms with Crippen molar-refractivity contribution < 1.29 is 17.9 Å². The molecule has 9 nitrogen and oxygen atoms in total. The van der Waals surface area contributed by atoms with Gasteiger partial charge in [0.1, 0.15) is 0 Å². The van der Waals surface area contributed by atoms with Crippen LogP contribution >= 0.6 is 11.6 Å². The van der Waals surface area contributed by atoms with Crippen molar-refractivity contribution in [1.29, 1.82) is 0 Å². The lowest BCUT2D eigenvalue weighted by atomic mass is 10.1. The molecule has 1 N–H and O–H groups in total. The molecule has 0 saturated heterocycles. The van der Waals surface area contributed by atoms with Gasteiger partial charge in [0, 0.05) is 16.9 Å². The van der Waals surface area contributed by atoms with Crippen LogP contribution in [0.2, 0.25) is 5.02 Å². The molecule has 3 rings (SSSR count). The van der Waals surface area contributed by atoms with Gasteiger partial charge in [-0.15, -0.1) is 5.10 Å². The zero-order valence-corrected chi connectivity index (χ0v) is 16.3. The normalized spacial score (nSPS) is 11.6. The molecule has 1 aromatic carbocycles. The molecule has 0 aliphatic carbocycles. The number of esters is 1. The highest BCUT2D eigenvalue weighted by Crippen LogP contribution is 2.30. The highest BCUT2D eigenvalue weighted by atomic mass is 35.5. The largest absolute Gasteiger partial charge is 0.462 e. The van der Waals surface area contributed by atoms with Gasteiger partial charge in [-0.25, -0.2) is 14.3 Å². The molecule has 0 atom stereocenters. The third-order valence-corrected chi connectivity index (χ3v) is 5.32. The van der Waals surface area contributed by atoms with Gasteiger partial charge in [0.15, 0.2) is 0 Å². The van der Waals surface area contributed by atoms with Crippen LogP contribution in [0.3, 0.4) is 0 Å². The van der Waals surface area contributed by atoms with Gasteiger partial charge in [0.2, 0.25) is 0 Å². The van der Waals surface area contributed by atoms with Crippen molar-refractivity contribution in [3.05, 3.63) is 46.2 Å². The first-order valence-electron chi connectivity index (χ1n) is 7.92. The second-order valence-electron chi connectivity index (χ2n) is 5.61. The minimum absolute atomic E-state index is 0.0180. The molecule has 0 aliphatic heterocycles. The van der Waals surface area contributed by atoms with Crippen molar-refractivity contribution in [1.82, 2.24) is 19.6 Å². The predicted octanol–water partition coefficient (Wildman–Crippen LogP) is 2.37. The maximum absolute atomic E-state index is 12.8. The molecule has 2 aromatic heterocycles. The van der Waals surface area contributed by atoms with Crippen LogP contribution in [0.25, 0.3) is 5.78 Å². The fourth-order valence-corrected chi connectivity index (χ4v) is 3.55. The van der Waals surface area contributed by atoms with Gasteiger partial charge >= 0.3 is 5.97 Å². The van der Waals surface area contributed by atoms with Crippen molar-refractivity contribution in [3.8, 4) is 0 Å². The number of aromatic nitrogens is 4. The zero-order valence-electron chi connectivity index (χ0n) is 14.7. The number of halogens is 1. The molecule has 2 heterocycles. The standard InChI is InChI=1S/C16H16ClN5O4S/c1-4-26-14(23)11-5-6-12(17)10(3)13(11)21-27(24,25)16-19-15-18-8-7-9(2)22(15)20-16/h5-8,21H,4H2,1-3H3. The van der Waals surface area contributed by atoms with Crippen molar-refractivity contribution >= 4 is 39.1 Å². The van der Waals surface area contributed by atoms with Crippen LogP contribution in [0, 0.1) is 13.8 Å². The Hall–Kier alpha value is -2.72. The Labute approximate surface area is 160 Å². The van der Waals surface area contributed by atoms with Crippen molar-refractivity contribution in [2.45, 2.75) is 25.9 Å². The molecule has 0 unspecified atom stereocenters. The molecular weight excluding hydrogens is 394 g/mol. The Bertz CT molecular complexity index is 1140. The van der Waals surface area contributed by atoms with Crippen molar-refractivity contribution in [3.63, 3.8) is 0 Å². The molecule has 0 aliphatic rings. The van der Waals surface area contributed by atoms with Crippen molar-refractivity contribution in [2.24, 2.45) is 0 Å². The van der Waals surface area contributed by atoms with Gasteiger partial charge in [-0.05, 0) is 44.5 Å². The number of anilines is 1. The van der Waals surface area contributed by atoms with Gasteiger partial charge in [-0.2, -0.15) is 13.4 Å². The van der Waals surface area contributed by atoms with E-state index < -0.39 is 21.1 Å². The topological polar surface area (TPSA) is 116 Å². The number of rotatable bonds is 5. The fraction of sp³-hybridized carbons (Fsp3) is 0.250. The minimum atomic E-state index is -4.20. The average molecular weight is 410 g/mol. The van der Waals surface area contributed by atoms with Gasteiger partial charge in [0.25, 0.3) is 21.0 Å². The monoisotopic (exact) mass is 409 g/mol. The van der Waals surface area contributed by atoms with Gasteiger partial charge in [0.05, 0.1) is 17.9 Å². The summed E-state index contributed by atoms with van der Waals surface area (Å²) in [6, 6.07) is 4.57. The first kappa shape index (κ1) is 19.1. The van der Waals surface area contributed by atoms with Crippen molar-refractivity contribution in [2.75, 3.05) is 11.3 Å². The number of benzene rings is 1. The van der Waals surface area contributed by atoms with E-state index in [2.05, 4.69) is 19.8 Å². The number of aryl methyl sites for hydroxylation is 1. The van der Waals surface area contributed by atoms with Gasteiger partial charge < -0.3 is 4.74 Å². The summed E-state index contributed by atoms with van der Waals surface area (Å²) in [7, 11) is -4.20. The molecule has 27 heavy (non-hydrogen) atoms. The quantitative estimate of drug-likeness (QED) is 0.643. The lowest BCUT2D eigenvalue weighted by molar-refractivity contribution is 0.0527. The Morgan fingerprint density at radius 2 is 2.04 bits per heavy atom. The number of hydrogen-bond donors (Lipinski definition) is 1. The summed E-state index contributed by atoms with van der Waals surface area (Å²) in [5, 5.41) is 3.81. The Morgan fingerprint density at radius 1 is 1.30 bits per heavy atom. The Balaban J connectivity index is 2.08. The SMILES string of the molecule is CCOC(=O)c1ccc(Cl)c(C)c1NS(=O)(=O)c1nc2nccc(C)n2n1. The number of sulfonamides is 1. The summed E-state index contributed by atoms with van der Waals surface area (Å²) in [5.41, 5.74) is 1.11. The summed E-state index contributed by atoms with van der Waals surface area (Å²) < 4.78 is 34.3. The maximum atomic E-state index is 12.8. The number of nitrogens with one attached hydrogen (secondary N) is 1. The van der Waals surface area contributed by atoms with Gasteiger partial charge in [-0.3, -0.25) is 4.72 Å². The molecule has 3 aromatic rings. The Kier molecular flexibility index (Phi) is 5.03. The number of ether oxygens (including phenoxy) is 1. The molecule has 0 radical (unpaired) electrons. The smallest absolute Gasteiger partial charge is 0.340 e. The number of hydrogen-bond acceptors (Lipinski definition) is 7. The summed E-state index contributed by atoms with van der Waals surface area (Å²) in [4.78, 5) is 20.1. The lowest BCUT2D eigenvalue weighted by Crippen LogP contribution is -2.19. The number of nitrogens with zero attached hydrogens (tertiary/aromatic N) is 4.